The van der Waals surface area contributed by atoms with Crippen LogP contribution in [0.5, 0.6) is 5.75 Å². The molecule has 1 N–H and O–H groups in total. The molecule has 7 heteroatoms. The maximum atomic E-state index is 12.8. The number of likely N-dealkylation sites (N-methyl/N-ethyl adjacent to an activating group) is 1. The van der Waals surface area contributed by atoms with Crippen molar-refractivity contribution in [3.8, 4) is 5.75 Å². The zero-order valence-corrected chi connectivity index (χ0v) is 16.0. The van der Waals surface area contributed by atoms with E-state index in [0.29, 0.717) is 18.0 Å². The number of carbonyl (C=O) groups excluding carboxylic acids is 1. The summed E-state index contributed by atoms with van der Waals surface area (Å²) in [6.07, 6.45) is 0. The predicted octanol–water partition coefficient (Wildman–Crippen LogP) is 3.04. The summed E-state index contributed by atoms with van der Waals surface area (Å²) in [6, 6.07) is 13.5. The molecule has 0 aromatic heterocycles. The van der Waals surface area contributed by atoms with Crippen molar-refractivity contribution in [3.05, 3.63) is 54.1 Å². The van der Waals surface area contributed by atoms with Crippen molar-refractivity contribution in [2.24, 2.45) is 0 Å². The second-order valence-corrected chi connectivity index (χ2v) is 7.64. The van der Waals surface area contributed by atoms with E-state index in [4.69, 9.17) is 4.74 Å². The minimum atomic E-state index is -3.76. The number of hydrogen-bond acceptors (Lipinski definition) is 4. The van der Waals surface area contributed by atoms with Crippen LogP contribution in [0.2, 0.25) is 0 Å². The monoisotopic (exact) mass is 376 g/mol. The van der Waals surface area contributed by atoms with Crippen LogP contribution in [-0.4, -0.2) is 38.3 Å². The SMILES string of the molecule is CCOc1ccc(S(=O)(=O)N(CC)CC(=O)Nc2ccccc2C)cc1. The molecule has 2 rings (SSSR count). The molecule has 0 fully saturated rings. The third-order valence-corrected chi connectivity index (χ3v) is 5.80. The van der Waals surface area contributed by atoms with E-state index in [-0.39, 0.29) is 23.9 Å². The molecule has 2 aromatic rings. The highest BCUT2D eigenvalue weighted by Gasteiger charge is 2.25. The van der Waals surface area contributed by atoms with Crippen LogP contribution >= 0.6 is 0 Å². The average Bonchev–Trinajstić information content (AvgIpc) is 2.62. The van der Waals surface area contributed by atoms with E-state index in [0.717, 1.165) is 9.87 Å². The van der Waals surface area contributed by atoms with E-state index in [1.54, 1.807) is 25.1 Å². The van der Waals surface area contributed by atoms with Gasteiger partial charge in [0.15, 0.2) is 0 Å². The lowest BCUT2D eigenvalue weighted by Crippen LogP contribution is -2.37. The molecule has 0 saturated heterocycles. The molecule has 26 heavy (non-hydrogen) atoms. The Morgan fingerprint density at radius 2 is 1.73 bits per heavy atom. The van der Waals surface area contributed by atoms with Gasteiger partial charge in [0.2, 0.25) is 15.9 Å². The molecule has 0 heterocycles. The summed E-state index contributed by atoms with van der Waals surface area (Å²) in [5.41, 5.74) is 1.59. The summed E-state index contributed by atoms with van der Waals surface area (Å²) in [4.78, 5) is 12.4. The Kier molecular flexibility index (Phi) is 6.76. The first-order chi connectivity index (χ1) is 12.4. The molecule has 0 saturated carbocycles. The normalized spacial score (nSPS) is 11.4. The molecule has 1 amide bonds. The summed E-state index contributed by atoms with van der Waals surface area (Å²) >= 11 is 0. The molecule has 140 valence electrons. The molecular formula is C19H24N2O4S. The number of amides is 1. The van der Waals surface area contributed by atoms with Crippen LogP contribution in [-0.2, 0) is 14.8 Å². The number of rotatable bonds is 8. The Bertz CT molecular complexity index is 848. The Hall–Kier alpha value is -2.38. The third-order valence-electron chi connectivity index (χ3n) is 3.86. The van der Waals surface area contributed by atoms with E-state index in [1.165, 1.54) is 12.1 Å². The predicted molar refractivity (Wildman–Crippen MR) is 102 cm³/mol. The van der Waals surface area contributed by atoms with Crippen LogP contribution in [0, 0.1) is 6.92 Å². The minimum Gasteiger partial charge on any atom is -0.494 e. The van der Waals surface area contributed by atoms with Crippen molar-refractivity contribution in [2.75, 3.05) is 25.0 Å². The Balaban J connectivity index is 2.13. The Labute approximate surface area is 154 Å². The van der Waals surface area contributed by atoms with Crippen LogP contribution < -0.4 is 10.1 Å². The number of nitrogens with zero attached hydrogens (tertiary/aromatic N) is 1. The molecule has 0 bridgehead atoms. The van der Waals surface area contributed by atoms with Gasteiger partial charge in [-0.25, -0.2) is 8.42 Å². The van der Waals surface area contributed by atoms with Crippen molar-refractivity contribution < 1.29 is 17.9 Å². The fraction of sp³-hybridized carbons (Fsp3) is 0.316. The van der Waals surface area contributed by atoms with Gasteiger partial charge >= 0.3 is 0 Å². The second kappa shape index (κ2) is 8.82. The number of nitrogens with one attached hydrogen (secondary N) is 1. The lowest BCUT2D eigenvalue weighted by Gasteiger charge is -2.20. The van der Waals surface area contributed by atoms with Gasteiger partial charge in [0.05, 0.1) is 18.0 Å². The highest BCUT2D eigenvalue weighted by atomic mass is 32.2. The van der Waals surface area contributed by atoms with Gasteiger partial charge in [-0.05, 0) is 49.7 Å². The molecule has 0 aliphatic carbocycles. The zero-order chi connectivity index (χ0) is 19.2. The minimum absolute atomic E-state index is 0.131. The highest BCUT2D eigenvalue weighted by molar-refractivity contribution is 7.89. The molecule has 0 aliphatic rings. The van der Waals surface area contributed by atoms with Crippen molar-refractivity contribution in [1.29, 1.82) is 0 Å². The molecule has 0 spiro atoms. The van der Waals surface area contributed by atoms with Gasteiger partial charge in [-0.15, -0.1) is 0 Å². The summed E-state index contributed by atoms with van der Waals surface area (Å²) in [5.74, 6) is 0.224. The maximum Gasteiger partial charge on any atom is 0.243 e. The highest BCUT2D eigenvalue weighted by Crippen LogP contribution is 2.20. The maximum absolute atomic E-state index is 12.8. The van der Waals surface area contributed by atoms with Gasteiger partial charge in [-0.1, -0.05) is 25.1 Å². The summed E-state index contributed by atoms with van der Waals surface area (Å²) in [6.45, 7) is 5.89. The van der Waals surface area contributed by atoms with Gasteiger partial charge < -0.3 is 10.1 Å². The van der Waals surface area contributed by atoms with Gasteiger partial charge in [-0.2, -0.15) is 4.31 Å². The summed E-state index contributed by atoms with van der Waals surface area (Å²) < 4.78 is 32.1. The van der Waals surface area contributed by atoms with E-state index in [9.17, 15) is 13.2 Å². The fourth-order valence-corrected chi connectivity index (χ4v) is 3.86. The standard InChI is InChI=1S/C19H24N2O4S/c1-4-21(14-19(22)20-18-9-7-6-8-15(18)3)26(23,24)17-12-10-16(11-13-17)25-5-2/h6-13H,4-5,14H2,1-3H3,(H,20,22). The molecule has 2 aromatic carbocycles. The number of benzene rings is 2. The number of hydrogen-bond donors (Lipinski definition) is 1. The molecule has 0 aliphatic heterocycles. The number of carbonyl (C=O) groups is 1. The van der Waals surface area contributed by atoms with Crippen molar-refractivity contribution in [1.82, 2.24) is 4.31 Å². The molecular weight excluding hydrogens is 352 g/mol. The number of sulfonamides is 1. The van der Waals surface area contributed by atoms with Crippen LogP contribution in [0.1, 0.15) is 19.4 Å². The van der Waals surface area contributed by atoms with E-state index >= 15 is 0 Å². The van der Waals surface area contributed by atoms with Crippen LogP contribution in [0.4, 0.5) is 5.69 Å². The number of ether oxygens (including phenoxy) is 1. The summed E-state index contributed by atoms with van der Waals surface area (Å²) in [5, 5.41) is 2.76. The quantitative estimate of drug-likeness (QED) is 0.768. The first-order valence-corrected chi connectivity index (χ1v) is 9.91. The molecule has 0 atom stereocenters. The van der Waals surface area contributed by atoms with Gasteiger partial charge in [-0.3, -0.25) is 4.79 Å². The van der Waals surface area contributed by atoms with Crippen LogP contribution in [0.15, 0.2) is 53.4 Å². The average molecular weight is 376 g/mol. The number of anilines is 1. The Morgan fingerprint density at radius 1 is 1.08 bits per heavy atom. The van der Waals surface area contributed by atoms with Gasteiger partial charge in [0, 0.05) is 12.2 Å². The second-order valence-electron chi connectivity index (χ2n) is 5.70. The van der Waals surface area contributed by atoms with E-state index < -0.39 is 10.0 Å². The first kappa shape index (κ1) is 19.9. The van der Waals surface area contributed by atoms with Crippen molar-refractivity contribution >= 4 is 21.6 Å². The lowest BCUT2D eigenvalue weighted by molar-refractivity contribution is -0.116. The van der Waals surface area contributed by atoms with Gasteiger partial charge in [0.25, 0.3) is 0 Å². The molecule has 0 radical (unpaired) electrons. The van der Waals surface area contributed by atoms with Crippen molar-refractivity contribution in [3.63, 3.8) is 0 Å². The van der Waals surface area contributed by atoms with Gasteiger partial charge in [0.1, 0.15) is 5.75 Å². The fourth-order valence-electron chi connectivity index (χ4n) is 2.45. The zero-order valence-electron chi connectivity index (χ0n) is 15.2. The molecule has 0 unspecified atom stereocenters. The number of aryl methyl sites for hydroxylation is 1. The van der Waals surface area contributed by atoms with E-state index in [1.807, 2.05) is 32.0 Å². The smallest absolute Gasteiger partial charge is 0.243 e. The molecule has 6 nitrogen and oxygen atoms in total. The summed E-state index contributed by atoms with van der Waals surface area (Å²) in [7, 11) is -3.76. The lowest BCUT2D eigenvalue weighted by atomic mass is 10.2. The topological polar surface area (TPSA) is 75.7 Å². The first-order valence-electron chi connectivity index (χ1n) is 8.47. The van der Waals surface area contributed by atoms with Crippen molar-refractivity contribution in [2.45, 2.75) is 25.7 Å². The van der Waals surface area contributed by atoms with Crippen LogP contribution in [0.3, 0.4) is 0 Å². The largest absolute Gasteiger partial charge is 0.494 e. The number of para-hydroxylation sites is 1. The Morgan fingerprint density at radius 3 is 2.31 bits per heavy atom. The third kappa shape index (κ3) is 4.83. The van der Waals surface area contributed by atoms with Crippen LogP contribution in [0.25, 0.3) is 0 Å². The van der Waals surface area contributed by atoms with E-state index in [2.05, 4.69) is 5.32 Å².